The van der Waals surface area contributed by atoms with E-state index in [9.17, 15) is 4.79 Å². The number of carbonyl (C=O) groups is 1. The van der Waals surface area contributed by atoms with Crippen LogP contribution in [0.2, 0.25) is 0 Å². The van der Waals surface area contributed by atoms with Gasteiger partial charge in [-0.25, -0.2) is 9.97 Å². The summed E-state index contributed by atoms with van der Waals surface area (Å²) in [6.07, 6.45) is 5.50. The lowest BCUT2D eigenvalue weighted by atomic mass is 9.95. The van der Waals surface area contributed by atoms with Gasteiger partial charge in [0, 0.05) is 48.6 Å². The van der Waals surface area contributed by atoms with Gasteiger partial charge in [0.25, 0.3) is 0 Å². The SMILES string of the molecule is CC(=O)Nc1ncc(CN2CCCC(Cc3nc(C)cs3)C2)s1. The second-order valence-corrected chi connectivity index (χ2v) is 8.20. The smallest absolute Gasteiger partial charge is 0.223 e. The van der Waals surface area contributed by atoms with E-state index in [1.54, 1.807) is 22.7 Å². The van der Waals surface area contributed by atoms with E-state index in [0.29, 0.717) is 11.0 Å². The highest BCUT2D eigenvalue weighted by atomic mass is 32.1. The summed E-state index contributed by atoms with van der Waals surface area (Å²) in [6, 6.07) is 0. The van der Waals surface area contributed by atoms with Gasteiger partial charge < -0.3 is 5.32 Å². The molecule has 124 valence electrons. The number of piperidine rings is 1. The Balaban J connectivity index is 1.54. The zero-order chi connectivity index (χ0) is 16.2. The van der Waals surface area contributed by atoms with Crippen molar-refractivity contribution in [3.8, 4) is 0 Å². The van der Waals surface area contributed by atoms with Gasteiger partial charge in [0.15, 0.2) is 5.13 Å². The van der Waals surface area contributed by atoms with Gasteiger partial charge in [-0.15, -0.1) is 22.7 Å². The normalized spacial score (nSPS) is 19.0. The molecule has 3 rings (SSSR count). The van der Waals surface area contributed by atoms with Crippen LogP contribution in [-0.2, 0) is 17.8 Å². The molecule has 1 N–H and O–H groups in total. The van der Waals surface area contributed by atoms with Crippen LogP contribution in [0.15, 0.2) is 11.6 Å². The molecule has 3 heterocycles. The maximum Gasteiger partial charge on any atom is 0.223 e. The topological polar surface area (TPSA) is 58.1 Å². The Kier molecular flexibility index (Phi) is 5.40. The second-order valence-electron chi connectivity index (χ2n) is 6.14. The van der Waals surface area contributed by atoms with Crippen LogP contribution in [0.25, 0.3) is 0 Å². The predicted molar refractivity (Wildman–Crippen MR) is 95.0 cm³/mol. The number of nitrogens with one attached hydrogen (secondary N) is 1. The first-order chi connectivity index (χ1) is 11.1. The van der Waals surface area contributed by atoms with Crippen molar-refractivity contribution in [2.45, 2.75) is 39.7 Å². The number of rotatable bonds is 5. The maximum absolute atomic E-state index is 11.1. The molecule has 2 aromatic heterocycles. The maximum atomic E-state index is 11.1. The standard InChI is InChI=1S/C16H22N4OS2/c1-11-10-22-15(18-11)6-13-4-3-5-20(8-13)9-14-7-17-16(23-14)19-12(2)21/h7,10,13H,3-6,8-9H2,1-2H3,(H,17,19,21). The molecule has 0 bridgehead atoms. The minimum absolute atomic E-state index is 0.0670. The number of amides is 1. The summed E-state index contributed by atoms with van der Waals surface area (Å²) in [4.78, 5) is 23.6. The summed E-state index contributed by atoms with van der Waals surface area (Å²) < 4.78 is 0. The number of hydrogen-bond acceptors (Lipinski definition) is 6. The summed E-state index contributed by atoms with van der Waals surface area (Å²) in [6.45, 7) is 6.75. The van der Waals surface area contributed by atoms with Crippen LogP contribution in [0.3, 0.4) is 0 Å². The number of likely N-dealkylation sites (tertiary alicyclic amines) is 1. The van der Waals surface area contributed by atoms with E-state index in [0.717, 1.165) is 31.7 Å². The van der Waals surface area contributed by atoms with Crippen LogP contribution >= 0.6 is 22.7 Å². The Morgan fingerprint density at radius 3 is 3.13 bits per heavy atom. The van der Waals surface area contributed by atoms with Crippen molar-refractivity contribution >= 4 is 33.7 Å². The predicted octanol–water partition coefficient (Wildman–Crippen LogP) is 3.32. The highest BCUT2D eigenvalue weighted by Gasteiger charge is 2.21. The van der Waals surface area contributed by atoms with Crippen LogP contribution in [0.5, 0.6) is 0 Å². The molecule has 0 radical (unpaired) electrons. The summed E-state index contributed by atoms with van der Waals surface area (Å²) in [7, 11) is 0. The third-order valence-electron chi connectivity index (χ3n) is 3.95. The van der Waals surface area contributed by atoms with Gasteiger partial charge in [-0.3, -0.25) is 9.69 Å². The summed E-state index contributed by atoms with van der Waals surface area (Å²) in [5.41, 5.74) is 1.13. The van der Waals surface area contributed by atoms with Crippen molar-refractivity contribution in [2.24, 2.45) is 5.92 Å². The van der Waals surface area contributed by atoms with E-state index in [4.69, 9.17) is 0 Å². The Morgan fingerprint density at radius 1 is 1.52 bits per heavy atom. The van der Waals surface area contributed by atoms with Crippen LogP contribution in [0.1, 0.15) is 35.3 Å². The molecule has 0 saturated carbocycles. The Morgan fingerprint density at radius 2 is 2.39 bits per heavy atom. The number of carbonyl (C=O) groups excluding carboxylic acids is 1. The quantitative estimate of drug-likeness (QED) is 0.899. The zero-order valence-corrected chi connectivity index (χ0v) is 15.2. The number of anilines is 1. The van der Waals surface area contributed by atoms with Crippen molar-refractivity contribution < 1.29 is 4.79 Å². The fourth-order valence-electron chi connectivity index (χ4n) is 3.01. The van der Waals surface area contributed by atoms with Gasteiger partial charge in [0.1, 0.15) is 0 Å². The first-order valence-electron chi connectivity index (χ1n) is 7.94. The lowest BCUT2D eigenvalue weighted by Gasteiger charge is -2.31. The number of hydrogen-bond donors (Lipinski definition) is 1. The summed E-state index contributed by atoms with van der Waals surface area (Å²) >= 11 is 3.35. The molecule has 1 unspecified atom stereocenters. The number of nitrogens with zero attached hydrogens (tertiary/aromatic N) is 3. The summed E-state index contributed by atoms with van der Waals surface area (Å²) in [5.74, 6) is 0.625. The minimum Gasteiger partial charge on any atom is -0.302 e. The zero-order valence-electron chi connectivity index (χ0n) is 13.5. The fraction of sp³-hybridized carbons (Fsp3) is 0.562. The average molecular weight is 351 g/mol. The van der Waals surface area contributed by atoms with E-state index in [-0.39, 0.29) is 5.91 Å². The number of thiazole rings is 2. The first kappa shape index (κ1) is 16.5. The lowest BCUT2D eigenvalue weighted by Crippen LogP contribution is -2.35. The van der Waals surface area contributed by atoms with Crippen molar-refractivity contribution in [1.29, 1.82) is 0 Å². The fourth-order valence-corrected chi connectivity index (χ4v) is 4.80. The molecule has 1 aliphatic rings. The van der Waals surface area contributed by atoms with Crippen molar-refractivity contribution in [1.82, 2.24) is 14.9 Å². The van der Waals surface area contributed by atoms with Crippen LogP contribution in [0, 0.1) is 12.8 Å². The lowest BCUT2D eigenvalue weighted by molar-refractivity contribution is -0.114. The van der Waals surface area contributed by atoms with E-state index in [2.05, 4.69) is 32.5 Å². The number of aryl methyl sites for hydroxylation is 1. The molecular formula is C16H22N4OS2. The molecule has 1 aliphatic heterocycles. The Labute approximate surface area is 144 Å². The molecule has 0 aromatic carbocycles. The van der Waals surface area contributed by atoms with E-state index in [1.165, 1.54) is 29.7 Å². The molecular weight excluding hydrogens is 328 g/mol. The van der Waals surface area contributed by atoms with Gasteiger partial charge in [-0.1, -0.05) is 0 Å². The highest BCUT2D eigenvalue weighted by Crippen LogP contribution is 2.26. The van der Waals surface area contributed by atoms with E-state index >= 15 is 0 Å². The second kappa shape index (κ2) is 7.51. The van der Waals surface area contributed by atoms with E-state index < -0.39 is 0 Å². The molecule has 2 aromatic rings. The molecule has 1 fully saturated rings. The molecule has 7 heteroatoms. The third-order valence-corrected chi connectivity index (χ3v) is 5.84. The van der Waals surface area contributed by atoms with Crippen LogP contribution < -0.4 is 5.32 Å². The van der Waals surface area contributed by atoms with Crippen molar-refractivity contribution in [3.05, 3.63) is 27.2 Å². The third kappa shape index (κ3) is 4.83. The molecule has 23 heavy (non-hydrogen) atoms. The van der Waals surface area contributed by atoms with E-state index in [1.807, 2.05) is 6.20 Å². The molecule has 5 nitrogen and oxygen atoms in total. The van der Waals surface area contributed by atoms with Crippen molar-refractivity contribution in [2.75, 3.05) is 18.4 Å². The largest absolute Gasteiger partial charge is 0.302 e. The minimum atomic E-state index is -0.0670. The van der Waals surface area contributed by atoms with Gasteiger partial charge in [0.05, 0.1) is 5.01 Å². The van der Waals surface area contributed by atoms with Crippen molar-refractivity contribution in [3.63, 3.8) is 0 Å². The molecule has 1 amide bonds. The first-order valence-corrected chi connectivity index (χ1v) is 9.64. The van der Waals surface area contributed by atoms with Crippen LogP contribution in [0.4, 0.5) is 5.13 Å². The monoisotopic (exact) mass is 350 g/mol. The molecule has 0 aliphatic carbocycles. The van der Waals surface area contributed by atoms with Gasteiger partial charge in [0.2, 0.25) is 5.91 Å². The molecule has 1 saturated heterocycles. The average Bonchev–Trinajstić information content (AvgIpc) is 3.08. The Hall–Kier alpha value is -1.31. The highest BCUT2D eigenvalue weighted by molar-refractivity contribution is 7.15. The van der Waals surface area contributed by atoms with Gasteiger partial charge in [-0.2, -0.15) is 0 Å². The molecule has 0 spiro atoms. The van der Waals surface area contributed by atoms with Gasteiger partial charge in [-0.05, 0) is 32.2 Å². The van der Waals surface area contributed by atoms with Crippen LogP contribution in [-0.4, -0.2) is 33.9 Å². The summed E-state index contributed by atoms with van der Waals surface area (Å²) in [5, 5.41) is 6.84. The van der Waals surface area contributed by atoms with Gasteiger partial charge >= 0.3 is 0 Å². The molecule has 1 atom stereocenters. The number of aromatic nitrogens is 2. The Bertz CT molecular complexity index is 667.